The molecule has 134 valence electrons. The van der Waals surface area contributed by atoms with Crippen LogP contribution in [0.15, 0.2) is 0 Å². The van der Waals surface area contributed by atoms with E-state index in [0.29, 0.717) is 0 Å². The van der Waals surface area contributed by atoms with E-state index in [1.165, 1.54) is 77.0 Å². The first-order valence-corrected chi connectivity index (χ1v) is 10.2. The highest BCUT2D eigenvalue weighted by molar-refractivity contribution is 4.63. The normalized spacial score (nSPS) is 13.0. The van der Waals surface area contributed by atoms with Crippen molar-refractivity contribution >= 4 is 0 Å². The van der Waals surface area contributed by atoms with Crippen molar-refractivity contribution < 1.29 is 5.11 Å². The molecule has 0 spiro atoms. The topological polar surface area (TPSA) is 23.5 Å². The fourth-order valence-corrected chi connectivity index (χ4v) is 3.04. The maximum Gasteiger partial charge on any atom is 0.107 e. The average Bonchev–Trinajstić information content (AvgIpc) is 2.52. The highest BCUT2D eigenvalue weighted by Crippen LogP contribution is 2.12. The Morgan fingerprint density at radius 3 is 1.41 bits per heavy atom. The molecule has 0 saturated heterocycles. The van der Waals surface area contributed by atoms with Crippen molar-refractivity contribution in [3.8, 4) is 0 Å². The summed E-state index contributed by atoms with van der Waals surface area (Å²) in [4.78, 5) is 2.34. The molecule has 0 bridgehead atoms. The molecule has 0 aliphatic heterocycles. The van der Waals surface area contributed by atoms with Gasteiger partial charge >= 0.3 is 0 Å². The molecular weight excluding hydrogens is 270 g/mol. The molecule has 0 aromatic rings. The molecule has 0 fully saturated rings. The van der Waals surface area contributed by atoms with Crippen molar-refractivity contribution in [3.05, 3.63) is 0 Å². The molecule has 1 unspecified atom stereocenters. The van der Waals surface area contributed by atoms with Gasteiger partial charge in [0.05, 0.1) is 0 Å². The predicted molar refractivity (Wildman–Crippen MR) is 99.2 cm³/mol. The second-order valence-corrected chi connectivity index (χ2v) is 6.84. The Morgan fingerprint density at radius 1 is 0.591 bits per heavy atom. The Balaban J connectivity index is 3.80. The van der Waals surface area contributed by atoms with Crippen molar-refractivity contribution in [2.75, 3.05) is 13.1 Å². The van der Waals surface area contributed by atoms with E-state index < -0.39 is 0 Å². The summed E-state index contributed by atoms with van der Waals surface area (Å²) in [5.74, 6) is 0. The molecule has 22 heavy (non-hydrogen) atoms. The monoisotopic (exact) mass is 313 g/mol. The molecule has 0 aliphatic carbocycles. The minimum Gasteiger partial charge on any atom is -0.378 e. The van der Waals surface area contributed by atoms with E-state index in [9.17, 15) is 5.11 Å². The lowest BCUT2D eigenvalue weighted by molar-refractivity contribution is -0.00497. The van der Waals surface area contributed by atoms with Gasteiger partial charge in [0.25, 0.3) is 0 Å². The quantitative estimate of drug-likeness (QED) is 0.258. The summed E-state index contributed by atoms with van der Waals surface area (Å²) >= 11 is 0. The Morgan fingerprint density at radius 2 is 1.00 bits per heavy atom. The third kappa shape index (κ3) is 13.6. The zero-order chi connectivity index (χ0) is 16.5. The average molecular weight is 314 g/mol. The molecule has 2 heteroatoms. The number of nitrogens with zero attached hydrogens (tertiary/aromatic N) is 1. The van der Waals surface area contributed by atoms with E-state index in [0.717, 1.165) is 25.9 Å². The van der Waals surface area contributed by atoms with Gasteiger partial charge in [-0.25, -0.2) is 0 Å². The van der Waals surface area contributed by atoms with Gasteiger partial charge in [0, 0.05) is 13.1 Å². The Bertz CT molecular complexity index is 192. The third-order valence-corrected chi connectivity index (χ3v) is 4.57. The molecule has 0 heterocycles. The fraction of sp³-hybridized carbons (Fsp3) is 1.00. The molecule has 1 N–H and O–H groups in total. The summed E-state index contributed by atoms with van der Waals surface area (Å²) in [6.45, 7) is 8.87. The number of unbranched alkanes of at least 4 members (excludes halogenated alkanes) is 10. The standard InChI is InChI=1S/C20H43NO/c1-4-7-9-11-13-15-18-21(20(22)17-6-3)19-16-14-12-10-8-5-2/h20,22H,4-19H2,1-3H3. The van der Waals surface area contributed by atoms with Crippen LogP contribution < -0.4 is 0 Å². The largest absolute Gasteiger partial charge is 0.378 e. The van der Waals surface area contributed by atoms with Crippen LogP contribution in [-0.2, 0) is 0 Å². The van der Waals surface area contributed by atoms with Gasteiger partial charge in [0.2, 0.25) is 0 Å². The molecule has 0 aromatic heterocycles. The number of rotatable bonds is 17. The molecule has 1 atom stereocenters. The van der Waals surface area contributed by atoms with Crippen LogP contribution in [0.3, 0.4) is 0 Å². The van der Waals surface area contributed by atoms with Crippen molar-refractivity contribution in [2.24, 2.45) is 0 Å². The van der Waals surface area contributed by atoms with Crippen LogP contribution in [0.5, 0.6) is 0 Å². The Hall–Kier alpha value is -0.0800. The lowest BCUT2D eigenvalue weighted by Gasteiger charge is -2.27. The molecule has 0 rings (SSSR count). The molecular formula is C20H43NO. The van der Waals surface area contributed by atoms with Gasteiger partial charge < -0.3 is 5.11 Å². The summed E-state index contributed by atoms with van der Waals surface area (Å²) < 4.78 is 0. The maximum atomic E-state index is 10.3. The summed E-state index contributed by atoms with van der Waals surface area (Å²) in [7, 11) is 0. The van der Waals surface area contributed by atoms with Gasteiger partial charge in [-0.05, 0) is 19.3 Å². The zero-order valence-electron chi connectivity index (χ0n) is 15.8. The minimum absolute atomic E-state index is 0.212. The number of hydrogen-bond acceptors (Lipinski definition) is 2. The number of aliphatic hydroxyl groups excluding tert-OH is 1. The second-order valence-electron chi connectivity index (χ2n) is 6.84. The van der Waals surface area contributed by atoms with Crippen molar-refractivity contribution in [1.29, 1.82) is 0 Å². The van der Waals surface area contributed by atoms with Crippen molar-refractivity contribution in [3.63, 3.8) is 0 Å². The lowest BCUT2D eigenvalue weighted by atomic mass is 10.1. The summed E-state index contributed by atoms with van der Waals surface area (Å²) in [5, 5.41) is 10.3. The lowest BCUT2D eigenvalue weighted by Crippen LogP contribution is -2.36. The first-order chi connectivity index (χ1) is 10.8. The van der Waals surface area contributed by atoms with E-state index >= 15 is 0 Å². The van der Waals surface area contributed by atoms with Gasteiger partial charge in [-0.2, -0.15) is 0 Å². The first kappa shape index (κ1) is 21.9. The van der Waals surface area contributed by atoms with Crippen LogP contribution in [-0.4, -0.2) is 29.3 Å². The molecule has 2 nitrogen and oxygen atoms in total. The molecule has 0 aromatic carbocycles. The predicted octanol–water partition coefficient (Wildman–Crippen LogP) is 6.13. The Labute approximate surface area is 140 Å². The van der Waals surface area contributed by atoms with Gasteiger partial charge in [0.1, 0.15) is 6.23 Å². The van der Waals surface area contributed by atoms with Crippen LogP contribution >= 0.6 is 0 Å². The van der Waals surface area contributed by atoms with E-state index in [1.54, 1.807) is 0 Å². The van der Waals surface area contributed by atoms with Crippen LogP contribution in [0.25, 0.3) is 0 Å². The van der Waals surface area contributed by atoms with Gasteiger partial charge in [0.15, 0.2) is 0 Å². The van der Waals surface area contributed by atoms with Gasteiger partial charge in [-0.15, -0.1) is 0 Å². The summed E-state index contributed by atoms with van der Waals surface area (Å²) in [6, 6.07) is 0. The number of hydrogen-bond donors (Lipinski definition) is 1. The van der Waals surface area contributed by atoms with Crippen LogP contribution in [0.4, 0.5) is 0 Å². The van der Waals surface area contributed by atoms with Crippen LogP contribution in [0.2, 0.25) is 0 Å². The van der Waals surface area contributed by atoms with Crippen molar-refractivity contribution in [2.45, 2.75) is 117 Å². The SMILES string of the molecule is CCCCCCCCN(CCCCCCCC)C(O)CCC. The first-order valence-electron chi connectivity index (χ1n) is 10.2. The smallest absolute Gasteiger partial charge is 0.107 e. The van der Waals surface area contributed by atoms with Crippen molar-refractivity contribution in [1.82, 2.24) is 4.90 Å². The third-order valence-electron chi connectivity index (χ3n) is 4.57. The fourth-order valence-electron chi connectivity index (χ4n) is 3.04. The van der Waals surface area contributed by atoms with Crippen LogP contribution in [0, 0.1) is 0 Å². The highest BCUT2D eigenvalue weighted by Gasteiger charge is 2.13. The van der Waals surface area contributed by atoms with E-state index in [-0.39, 0.29) is 6.23 Å². The highest BCUT2D eigenvalue weighted by atomic mass is 16.3. The molecule has 0 amide bonds. The Kier molecular flexibility index (Phi) is 17.2. The second kappa shape index (κ2) is 17.3. The molecule has 0 aliphatic rings. The van der Waals surface area contributed by atoms with E-state index in [1.807, 2.05) is 0 Å². The molecule has 0 saturated carbocycles. The molecule has 0 radical (unpaired) electrons. The van der Waals surface area contributed by atoms with Gasteiger partial charge in [-0.3, -0.25) is 4.90 Å². The zero-order valence-corrected chi connectivity index (χ0v) is 15.8. The minimum atomic E-state index is -0.212. The van der Waals surface area contributed by atoms with Gasteiger partial charge in [-0.1, -0.05) is 91.4 Å². The maximum absolute atomic E-state index is 10.3. The van der Waals surface area contributed by atoms with Crippen LogP contribution in [0.1, 0.15) is 111 Å². The summed E-state index contributed by atoms with van der Waals surface area (Å²) in [5.41, 5.74) is 0. The summed E-state index contributed by atoms with van der Waals surface area (Å²) in [6.07, 6.45) is 17.8. The van der Waals surface area contributed by atoms with E-state index in [2.05, 4.69) is 25.7 Å². The van der Waals surface area contributed by atoms with E-state index in [4.69, 9.17) is 0 Å². The number of aliphatic hydroxyl groups is 1.